The largest absolute Gasteiger partial charge is 0.569 e. The minimum Gasteiger partial charge on any atom is -0.532 e. The molecular formula is C16H19BBrO6. The predicted octanol–water partition coefficient (Wildman–Crippen LogP) is 3.08. The molecule has 8 heteroatoms. The number of hydrogen-bond acceptors (Lipinski definition) is 6. The van der Waals surface area contributed by atoms with E-state index in [2.05, 4.69) is 15.9 Å². The zero-order chi connectivity index (χ0) is 17.9. The molecule has 24 heavy (non-hydrogen) atoms. The second-order valence-electron chi connectivity index (χ2n) is 4.19. The van der Waals surface area contributed by atoms with Crippen molar-refractivity contribution in [3.05, 3.63) is 40.9 Å². The number of hydrogen-bond donors (Lipinski definition) is 1. The average Bonchev–Trinajstić information content (AvgIpc) is 2.63. The van der Waals surface area contributed by atoms with Crippen molar-refractivity contribution in [3.8, 4) is 28.7 Å². The molecule has 0 aromatic heterocycles. The minimum atomic E-state index is 0.356. The quantitative estimate of drug-likeness (QED) is 0.755. The summed E-state index contributed by atoms with van der Waals surface area (Å²) in [6.45, 7) is 0. The highest BCUT2D eigenvalue weighted by Crippen LogP contribution is 2.36. The molecule has 0 saturated heterocycles. The smallest absolute Gasteiger partial charge is 0.532 e. The van der Waals surface area contributed by atoms with Gasteiger partial charge in [0.25, 0.3) is 0 Å². The molecule has 0 unspecified atom stereocenters. The van der Waals surface area contributed by atoms with E-state index in [-0.39, 0.29) is 0 Å². The van der Waals surface area contributed by atoms with Crippen molar-refractivity contribution in [2.24, 2.45) is 0 Å². The van der Waals surface area contributed by atoms with Crippen LogP contribution in [0, 0.1) is 0 Å². The molecule has 0 amide bonds. The molecule has 0 heterocycles. The molecule has 1 radical (unpaired) electrons. The van der Waals surface area contributed by atoms with Gasteiger partial charge in [0, 0.05) is 0 Å². The van der Waals surface area contributed by atoms with Gasteiger partial charge in [0.15, 0.2) is 17.2 Å². The molecule has 1 N–H and O–H groups in total. The maximum Gasteiger partial charge on any atom is 0.569 e. The second kappa shape index (κ2) is 10.7. The third-order valence-corrected chi connectivity index (χ3v) is 3.70. The van der Waals surface area contributed by atoms with Crippen LogP contribution >= 0.6 is 15.9 Å². The van der Waals surface area contributed by atoms with Crippen molar-refractivity contribution in [1.82, 2.24) is 0 Å². The number of ether oxygens (including phenoxy) is 4. The van der Waals surface area contributed by atoms with E-state index in [4.69, 9.17) is 28.6 Å². The summed E-state index contributed by atoms with van der Waals surface area (Å²) in [5, 5.41) is 8.50. The molecule has 0 saturated carbocycles. The average molecular weight is 398 g/mol. The lowest BCUT2D eigenvalue weighted by Crippen LogP contribution is -2.03. The SMILES string of the molecule is COc1cccc(OC)c1Br.COc1cccc(OC)c1O[B]O. The van der Waals surface area contributed by atoms with Crippen LogP contribution in [0.2, 0.25) is 0 Å². The van der Waals surface area contributed by atoms with Crippen LogP contribution < -0.4 is 23.6 Å². The Balaban J connectivity index is 0.000000243. The van der Waals surface area contributed by atoms with Crippen molar-refractivity contribution in [3.63, 3.8) is 0 Å². The first-order valence-corrected chi connectivity index (χ1v) is 7.62. The minimum absolute atomic E-state index is 0.356. The van der Waals surface area contributed by atoms with Crippen LogP contribution in [-0.4, -0.2) is 41.1 Å². The maximum absolute atomic E-state index is 8.50. The van der Waals surface area contributed by atoms with Crippen LogP contribution in [0.1, 0.15) is 0 Å². The second-order valence-corrected chi connectivity index (χ2v) is 4.98. The maximum atomic E-state index is 8.50. The fraction of sp³-hybridized carbons (Fsp3) is 0.250. The van der Waals surface area contributed by atoms with Crippen molar-refractivity contribution in [2.45, 2.75) is 0 Å². The molecule has 6 nitrogen and oxygen atoms in total. The highest BCUT2D eigenvalue weighted by atomic mass is 79.9. The highest BCUT2D eigenvalue weighted by Gasteiger charge is 2.10. The summed E-state index contributed by atoms with van der Waals surface area (Å²) in [6.07, 6.45) is 0. The lowest BCUT2D eigenvalue weighted by Gasteiger charge is -2.11. The Morgan fingerprint density at radius 1 is 0.750 bits per heavy atom. The van der Waals surface area contributed by atoms with E-state index >= 15 is 0 Å². The Morgan fingerprint density at radius 2 is 1.12 bits per heavy atom. The summed E-state index contributed by atoms with van der Waals surface area (Å²) in [6, 6.07) is 10.8. The molecule has 2 rings (SSSR count). The first kappa shape index (κ1) is 20.0. The van der Waals surface area contributed by atoms with Gasteiger partial charge in [-0.2, -0.15) is 0 Å². The summed E-state index contributed by atoms with van der Waals surface area (Å²) < 4.78 is 25.8. The van der Waals surface area contributed by atoms with Gasteiger partial charge in [-0.25, -0.2) is 0 Å². The summed E-state index contributed by atoms with van der Waals surface area (Å²) in [7, 11) is 6.86. The molecule has 0 fully saturated rings. The number of para-hydroxylation sites is 1. The highest BCUT2D eigenvalue weighted by molar-refractivity contribution is 9.10. The van der Waals surface area contributed by atoms with Gasteiger partial charge in [-0.1, -0.05) is 12.1 Å². The van der Waals surface area contributed by atoms with Crippen LogP contribution in [0.4, 0.5) is 0 Å². The summed E-state index contributed by atoms with van der Waals surface area (Å²) in [4.78, 5) is 0. The normalized spacial score (nSPS) is 9.25. The van der Waals surface area contributed by atoms with Gasteiger partial charge in [0.2, 0.25) is 0 Å². The number of halogens is 1. The summed E-state index contributed by atoms with van der Waals surface area (Å²) in [5.74, 6) is 2.93. The van der Waals surface area contributed by atoms with Gasteiger partial charge in [0.1, 0.15) is 16.0 Å². The molecule has 0 bridgehead atoms. The monoisotopic (exact) mass is 397 g/mol. The molecule has 0 spiro atoms. The van der Waals surface area contributed by atoms with Crippen LogP contribution in [0.3, 0.4) is 0 Å². The van der Waals surface area contributed by atoms with Gasteiger partial charge in [-0.05, 0) is 40.2 Å². The van der Waals surface area contributed by atoms with E-state index in [1.165, 1.54) is 14.2 Å². The van der Waals surface area contributed by atoms with Crippen molar-refractivity contribution in [2.75, 3.05) is 28.4 Å². The third-order valence-electron chi connectivity index (χ3n) is 2.92. The van der Waals surface area contributed by atoms with Crippen molar-refractivity contribution in [1.29, 1.82) is 0 Å². The number of benzene rings is 2. The van der Waals surface area contributed by atoms with E-state index in [1.54, 1.807) is 32.4 Å². The molecule has 0 aliphatic heterocycles. The lowest BCUT2D eigenvalue weighted by molar-refractivity contribution is 0.351. The van der Waals surface area contributed by atoms with E-state index in [0.717, 1.165) is 16.0 Å². The summed E-state index contributed by atoms with van der Waals surface area (Å²) in [5.41, 5.74) is 0. The zero-order valence-electron chi connectivity index (χ0n) is 13.9. The predicted molar refractivity (Wildman–Crippen MR) is 95.4 cm³/mol. The fourth-order valence-electron chi connectivity index (χ4n) is 1.79. The molecule has 0 aliphatic rings. The standard InChI is InChI=1S/C8H10BO4.C8H9BrO2/c1-11-6-4-3-5-7(12-2)8(6)13-9-10;1-10-6-4-3-5-7(11-2)8(6)9/h3-5,10H,1-2H3;3-5H,1-2H3. The van der Waals surface area contributed by atoms with E-state index in [9.17, 15) is 0 Å². The topological polar surface area (TPSA) is 66.4 Å². The Hall–Kier alpha value is -2.06. The summed E-state index contributed by atoms with van der Waals surface area (Å²) >= 11 is 3.35. The fourth-order valence-corrected chi connectivity index (χ4v) is 2.38. The molecular weight excluding hydrogens is 379 g/mol. The zero-order valence-corrected chi connectivity index (χ0v) is 15.5. The van der Waals surface area contributed by atoms with Gasteiger partial charge < -0.3 is 28.6 Å². The molecule has 129 valence electrons. The van der Waals surface area contributed by atoms with Crippen LogP contribution in [0.25, 0.3) is 0 Å². The number of methoxy groups -OCH3 is 4. The molecule has 2 aromatic carbocycles. The Labute approximate surface area is 150 Å². The molecule has 0 atom stereocenters. The van der Waals surface area contributed by atoms with Gasteiger partial charge in [-0.15, -0.1) is 0 Å². The van der Waals surface area contributed by atoms with Crippen molar-refractivity contribution >= 4 is 23.6 Å². The number of rotatable bonds is 6. The van der Waals surface area contributed by atoms with E-state index in [0.29, 0.717) is 24.9 Å². The van der Waals surface area contributed by atoms with Crippen LogP contribution in [0.5, 0.6) is 28.7 Å². The Bertz CT molecular complexity index is 593. The Morgan fingerprint density at radius 3 is 1.46 bits per heavy atom. The lowest BCUT2D eigenvalue weighted by atomic mass is 10.2. The first-order valence-electron chi connectivity index (χ1n) is 6.82. The molecule has 0 aliphatic carbocycles. The van der Waals surface area contributed by atoms with Gasteiger partial charge in [-0.3, -0.25) is 0 Å². The van der Waals surface area contributed by atoms with Crippen molar-refractivity contribution < 1.29 is 28.6 Å². The first-order chi connectivity index (χ1) is 11.6. The van der Waals surface area contributed by atoms with E-state index in [1.807, 2.05) is 18.2 Å². The van der Waals surface area contributed by atoms with Crippen LogP contribution in [0.15, 0.2) is 40.9 Å². The van der Waals surface area contributed by atoms with E-state index < -0.39 is 0 Å². The van der Waals surface area contributed by atoms with Gasteiger partial charge >= 0.3 is 7.69 Å². The third kappa shape index (κ3) is 5.24. The molecule has 2 aromatic rings. The van der Waals surface area contributed by atoms with Gasteiger partial charge in [0.05, 0.1) is 28.4 Å². The van der Waals surface area contributed by atoms with Crippen LogP contribution in [-0.2, 0) is 0 Å². The Kier molecular flexibility index (Phi) is 8.89.